The summed E-state index contributed by atoms with van der Waals surface area (Å²) in [5.41, 5.74) is -0.156. The van der Waals surface area contributed by atoms with E-state index in [0.29, 0.717) is 0 Å². The summed E-state index contributed by atoms with van der Waals surface area (Å²) in [5, 5.41) is 20.8. The first-order valence-corrected chi connectivity index (χ1v) is 3.47. The number of nitrogens with one attached hydrogen (secondary N) is 1. The summed E-state index contributed by atoms with van der Waals surface area (Å²) in [6.07, 6.45) is -1.56. The van der Waals surface area contributed by atoms with Gasteiger partial charge in [-0.05, 0) is 27.7 Å². The van der Waals surface area contributed by atoms with Gasteiger partial charge in [-0.1, -0.05) is 0 Å². The zero-order valence-electron chi connectivity index (χ0n) is 7.05. The predicted molar refractivity (Wildman–Crippen MR) is 40.6 cm³/mol. The van der Waals surface area contributed by atoms with Crippen LogP contribution in [0.25, 0.3) is 0 Å². The van der Waals surface area contributed by atoms with Crippen molar-refractivity contribution < 1.29 is 10.2 Å². The third-order valence-corrected chi connectivity index (χ3v) is 1.04. The molecular weight excluding hydrogens is 130 g/mol. The number of aliphatic hydroxyl groups is 2. The average molecular weight is 147 g/mol. The highest BCUT2D eigenvalue weighted by atomic mass is 16.3. The number of aliphatic hydroxyl groups excluding tert-OH is 2. The molecule has 0 amide bonds. The Labute approximate surface area is 62.1 Å². The van der Waals surface area contributed by atoms with Gasteiger partial charge in [0.1, 0.15) is 6.23 Å². The molecule has 3 N–H and O–H groups in total. The van der Waals surface area contributed by atoms with Crippen molar-refractivity contribution in [2.75, 3.05) is 0 Å². The Morgan fingerprint density at radius 1 is 1.20 bits per heavy atom. The summed E-state index contributed by atoms with van der Waals surface area (Å²) < 4.78 is 0. The van der Waals surface area contributed by atoms with E-state index in [1.165, 1.54) is 0 Å². The molecule has 0 aromatic carbocycles. The number of rotatable bonds is 2. The average Bonchev–Trinajstić information content (AvgIpc) is 1.60. The third kappa shape index (κ3) is 4.73. The van der Waals surface area contributed by atoms with E-state index in [1.807, 2.05) is 20.8 Å². The molecule has 0 aliphatic rings. The Kier molecular flexibility index (Phi) is 3.28. The van der Waals surface area contributed by atoms with Crippen LogP contribution in [0.2, 0.25) is 0 Å². The molecular formula is C7H17NO2. The van der Waals surface area contributed by atoms with Crippen molar-refractivity contribution in [2.24, 2.45) is 0 Å². The van der Waals surface area contributed by atoms with Crippen LogP contribution in [0.5, 0.6) is 0 Å². The second-order valence-corrected chi connectivity index (χ2v) is 3.58. The summed E-state index contributed by atoms with van der Waals surface area (Å²) in [4.78, 5) is 0. The zero-order valence-corrected chi connectivity index (χ0v) is 7.05. The molecule has 3 nitrogen and oxygen atoms in total. The van der Waals surface area contributed by atoms with Gasteiger partial charge >= 0.3 is 0 Å². The molecule has 2 unspecified atom stereocenters. The van der Waals surface area contributed by atoms with Gasteiger partial charge in [0, 0.05) is 5.54 Å². The summed E-state index contributed by atoms with van der Waals surface area (Å²) in [7, 11) is 0. The Bertz CT molecular complexity index is 96.3. The van der Waals surface area contributed by atoms with Crippen molar-refractivity contribution in [1.29, 1.82) is 0 Å². The maximum atomic E-state index is 9.10. The zero-order chi connectivity index (χ0) is 8.36. The van der Waals surface area contributed by atoms with Gasteiger partial charge in [-0.15, -0.1) is 0 Å². The molecule has 0 spiro atoms. The Morgan fingerprint density at radius 3 is 1.70 bits per heavy atom. The van der Waals surface area contributed by atoms with Crippen LogP contribution in [0, 0.1) is 0 Å². The number of hydrogen-bond acceptors (Lipinski definition) is 3. The maximum absolute atomic E-state index is 9.10. The lowest BCUT2D eigenvalue weighted by molar-refractivity contribution is -0.00601. The molecule has 0 aliphatic heterocycles. The molecule has 0 saturated carbocycles. The summed E-state index contributed by atoms with van der Waals surface area (Å²) >= 11 is 0. The van der Waals surface area contributed by atoms with Crippen LogP contribution in [-0.4, -0.2) is 28.1 Å². The lowest BCUT2D eigenvalue weighted by atomic mass is 10.1. The minimum atomic E-state index is -0.833. The van der Waals surface area contributed by atoms with E-state index in [2.05, 4.69) is 5.32 Å². The third-order valence-electron chi connectivity index (χ3n) is 1.04. The molecule has 0 heterocycles. The van der Waals surface area contributed by atoms with E-state index in [9.17, 15) is 0 Å². The van der Waals surface area contributed by atoms with Crippen LogP contribution < -0.4 is 5.32 Å². The largest absolute Gasteiger partial charge is 0.389 e. The summed E-state index contributed by atoms with van der Waals surface area (Å²) in [5.74, 6) is 0. The van der Waals surface area contributed by atoms with Gasteiger partial charge in [-0.25, -0.2) is 0 Å². The van der Waals surface area contributed by atoms with Crippen molar-refractivity contribution in [3.05, 3.63) is 0 Å². The van der Waals surface area contributed by atoms with Crippen molar-refractivity contribution >= 4 is 0 Å². The van der Waals surface area contributed by atoms with E-state index >= 15 is 0 Å². The predicted octanol–water partition coefficient (Wildman–Crippen LogP) is 0.0737. The molecule has 10 heavy (non-hydrogen) atoms. The molecule has 62 valence electrons. The van der Waals surface area contributed by atoms with E-state index in [0.717, 1.165) is 0 Å². The van der Waals surface area contributed by atoms with Crippen molar-refractivity contribution in [2.45, 2.75) is 45.6 Å². The van der Waals surface area contributed by atoms with Gasteiger partial charge in [0.05, 0.1) is 6.10 Å². The van der Waals surface area contributed by atoms with Gasteiger partial charge in [-0.2, -0.15) is 0 Å². The molecule has 0 aromatic heterocycles. The van der Waals surface area contributed by atoms with Crippen LogP contribution in [0.1, 0.15) is 27.7 Å². The standard InChI is InChI=1S/C7H17NO2/c1-5(9)6(10)8-7(2,3)4/h5-6,8-10H,1-4H3. The summed E-state index contributed by atoms with van der Waals surface area (Å²) in [6.45, 7) is 7.33. The molecule has 0 bridgehead atoms. The van der Waals surface area contributed by atoms with Gasteiger partial charge in [0.15, 0.2) is 0 Å². The minimum absolute atomic E-state index is 0.156. The quantitative estimate of drug-likeness (QED) is 0.485. The second-order valence-electron chi connectivity index (χ2n) is 3.58. The first kappa shape index (κ1) is 9.88. The maximum Gasteiger partial charge on any atom is 0.131 e. The second kappa shape index (κ2) is 3.32. The first-order chi connectivity index (χ1) is 4.33. The summed E-state index contributed by atoms with van der Waals surface area (Å²) in [6, 6.07) is 0. The fraction of sp³-hybridized carbons (Fsp3) is 1.00. The fourth-order valence-corrected chi connectivity index (χ4v) is 0.564. The van der Waals surface area contributed by atoms with E-state index < -0.39 is 12.3 Å². The molecule has 0 saturated heterocycles. The molecule has 3 heteroatoms. The topological polar surface area (TPSA) is 52.5 Å². The van der Waals surface area contributed by atoms with Gasteiger partial charge in [0.2, 0.25) is 0 Å². The minimum Gasteiger partial charge on any atom is -0.389 e. The van der Waals surface area contributed by atoms with Crippen molar-refractivity contribution in [3.63, 3.8) is 0 Å². The van der Waals surface area contributed by atoms with Crippen LogP contribution >= 0.6 is 0 Å². The van der Waals surface area contributed by atoms with E-state index in [4.69, 9.17) is 10.2 Å². The van der Waals surface area contributed by atoms with Crippen LogP contribution in [0.3, 0.4) is 0 Å². The van der Waals surface area contributed by atoms with E-state index in [-0.39, 0.29) is 5.54 Å². The monoisotopic (exact) mass is 147 g/mol. The van der Waals surface area contributed by atoms with Crippen molar-refractivity contribution in [1.82, 2.24) is 5.32 Å². The van der Waals surface area contributed by atoms with Gasteiger partial charge in [0.25, 0.3) is 0 Å². The highest BCUT2D eigenvalue weighted by Gasteiger charge is 2.17. The normalized spacial score (nSPS) is 18.6. The highest BCUT2D eigenvalue weighted by Crippen LogP contribution is 2.01. The lowest BCUT2D eigenvalue weighted by Gasteiger charge is -2.26. The van der Waals surface area contributed by atoms with Crippen LogP contribution in [0.4, 0.5) is 0 Å². The Morgan fingerprint density at radius 2 is 1.60 bits per heavy atom. The smallest absolute Gasteiger partial charge is 0.131 e. The molecule has 2 atom stereocenters. The van der Waals surface area contributed by atoms with Gasteiger partial charge < -0.3 is 10.2 Å². The lowest BCUT2D eigenvalue weighted by Crippen LogP contribution is -2.48. The molecule has 0 rings (SSSR count). The SMILES string of the molecule is CC(O)C(O)NC(C)(C)C. The van der Waals surface area contributed by atoms with Crippen LogP contribution in [0.15, 0.2) is 0 Å². The fourth-order valence-electron chi connectivity index (χ4n) is 0.564. The van der Waals surface area contributed by atoms with Gasteiger partial charge in [-0.3, -0.25) is 5.32 Å². The molecule has 0 radical (unpaired) electrons. The number of hydrogen-bond donors (Lipinski definition) is 3. The molecule has 0 aliphatic carbocycles. The van der Waals surface area contributed by atoms with Crippen LogP contribution in [-0.2, 0) is 0 Å². The molecule has 0 aromatic rings. The molecule has 0 fully saturated rings. The highest BCUT2D eigenvalue weighted by molar-refractivity contribution is 4.74. The van der Waals surface area contributed by atoms with Crippen molar-refractivity contribution in [3.8, 4) is 0 Å². The van der Waals surface area contributed by atoms with E-state index in [1.54, 1.807) is 6.92 Å². The first-order valence-electron chi connectivity index (χ1n) is 3.47. The Balaban J connectivity index is 3.68. The Hall–Kier alpha value is -0.120.